The fraction of sp³-hybridized carbons (Fsp3) is 0.538. The molecule has 17 heavy (non-hydrogen) atoms. The molecule has 0 amide bonds. The van der Waals surface area contributed by atoms with Gasteiger partial charge in [-0.1, -0.05) is 39.3 Å². The Morgan fingerprint density at radius 3 is 2.24 bits per heavy atom. The van der Waals surface area contributed by atoms with Crippen LogP contribution in [0.15, 0.2) is 29.2 Å². The molecule has 3 nitrogen and oxygen atoms in total. The third kappa shape index (κ3) is 4.48. The van der Waals surface area contributed by atoms with E-state index in [1.54, 1.807) is 12.1 Å². The first-order valence-corrected chi connectivity index (χ1v) is 7.35. The molecule has 0 saturated carbocycles. The summed E-state index contributed by atoms with van der Waals surface area (Å²) in [5.41, 5.74) is 1.15. The van der Waals surface area contributed by atoms with E-state index in [1.165, 1.54) is 0 Å². The van der Waals surface area contributed by atoms with Gasteiger partial charge in [-0.2, -0.15) is 8.42 Å². The summed E-state index contributed by atoms with van der Waals surface area (Å²) >= 11 is 0. The Labute approximate surface area is 104 Å². The molecule has 0 radical (unpaired) electrons. The van der Waals surface area contributed by atoms with Crippen LogP contribution in [0.3, 0.4) is 0 Å². The van der Waals surface area contributed by atoms with Crippen molar-refractivity contribution in [3.8, 4) is 0 Å². The first-order chi connectivity index (χ1) is 7.95. The highest BCUT2D eigenvalue weighted by atomic mass is 32.2. The lowest BCUT2D eigenvalue weighted by Crippen LogP contribution is -2.11. The van der Waals surface area contributed by atoms with Crippen LogP contribution in [0.25, 0.3) is 0 Å². The molecule has 0 bridgehead atoms. The molecule has 0 aliphatic carbocycles. The van der Waals surface area contributed by atoms with E-state index in [1.807, 2.05) is 26.0 Å². The van der Waals surface area contributed by atoms with Crippen LogP contribution in [0.2, 0.25) is 0 Å². The van der Waals surface area contributed by atoms with Crippen molar-refractivity contribution >= 4 is 10.1 Å². The van der Waals surface area contributed by atoms with E-state index in [4.69, 9.17) is 4.18 Å². The van der Waals surface area contributed by atoms with E-state index >= 15 is 0 Å². The Balaban J connectivity index is 2.77. The van der Waals surface area contributed by atoms with Crippen LogP contribution >= 0.6 is 0 Å². The molecule has 0 aromatic heterocycles. The van der Waals surface area contributed by atoms with Gasteiger partial charge in [-0.3, -0.25) is 4.18 Å². The summed E-state index contributed by atoms with van der Waals surface area (Å²) in [6.07, 6.45) is 2.02. The van der Waals surface area contributed by atoms with Crippen molar-refractivity contribution in [1.82, 2.24) is 0 Å². The van der Waals surface area contributed by atoms with Gasteiger partial charge in [0, 0.05) is 0 Å². The molecule has 1 aromatic rings. The molecular formula is C13H20O3S. The molecule has 0 fully saturated rings. The highest BCUT2D eigenvalue weighted by Crippen LogP contribution is 2.15. The Morgan fingerprint density at radius 2 is 1.76 bits per heavy atom. The van der Waals surface area contributed by atoms with E-state index in [0.717, 1.165) is 18.4 Å². The van der Waals surface area contributed by atoms with Crippen molar-refractivity contribution in [2.24, 2.45) is 5.92 Å². The molecule has 0 atom stereocenters. The minimum absolute atomic E-state index is 0.198. The van der Waals surface area contributed by atoms with Gasteiger partial charge in [-0.05, 0) is 30.0 Å². The number of hydrogen-bond donors (Lipinski definition) is 0. The Hall–Kier alpha value is -0.870. The summed E-state index contributed by atoms with van der Waals surface area (Å²) in [6.45, 7) is 6.15. The third-order valence-corrected chi connectivity index (χ3v) is 3.60. The van der Waals surface area contributed by atoms with Crippen LogP contribution in [0.4, 0.5) is 0 Å². The fourth-order valence-corrected chi connectivity index (χ4v) is 2.46. The second kappa shape index (κ2) is 6.17. The molecule has 1 rings (SSSR count). The van der Waals surface area contributed by atoms with Crippen LogP contribution < -0.4 is 0 Å². The Bertz CT molecular complexity index is 432. The maximum atomic E-state index is 11.8. The molecule has 0 unspecified atom stereocenters. The average molecular weight is 256 g/mol. The Morgan fingerprint density at radius 1 is 1.18 bits per heavy atom. The molecule has 4 heteroatoms. The maximum absolute atomic E-state index is 11.8. The zero-order valence-corrected chi connectivity index (χ0v) is 11.5. The molecule has 1 aromatic carbocycles. The van der Waals surface area contributed by atoms with Crippen LogP contribution in [0, 0.1) is 5.92 Å². The monoisotopic (exact) mass is 256 g/mol. The maximum Gasteiger partial charge on any atom is 0.296 e. The number of aryl methyl sites for hydroxylation is 1. The summed E-state index contributed by atoms with van der Waals surface area (Å²) in [5.74, 6) is 0.198. The SMILES string of the molecule is CCCc1ccc(S(=O)(=O)OCC(C)C)cc1. The van der Waals surface area contributed by atoms with Crippen LogP contribution in [0.1, 0.15) is 32.8 Å². The molecule has 0 N–H and O–H groups in total. The van der Waals surface area contributed by atoms with Crippen molar-refractivity contribution in [1.29, 1.82) is 0 Å². The van der Waals surface area contributed by atoms with Gasteiger partial charge in [0.1, 0.15) is 0 Å². The quantitative estimate of drug-likeness (QED) is 0.735. The number of rotatable bonds is 6. The molecule has 96 valence electrons. The van der Waals surface area contributed by atoms with E-state index in [2.05, 4.69) is 6.92 Å². The highest BCUT2D eigenvalue weighted by Gasteiger charge is 2.15. The molecule has 0 aliphatic heterocycles. The zero-order valence-electron chi connectivity index (χ0n) is 10.6. The summed E-state index contributed by atoms with van der Waals surface area (Å²) in [6, 6.07) is 6.91. The minimum atomic E-state index is -3.59. The van der Waals surface area contributed by atoms with Crippen molar-refractivity contribution < 1.29 is 12.6 Å². The summed E-state index contributed by atoms with van der Waals surface area (Å²) in [4.78, 5) is 0.234. The minimum Gasteiger partial charge on any atom is -0.266 e. The number of hydrogen-bond acceptors (Lipinski definition) is 3. The van der Waals surface area contributed by atoms with Crippen molar-refractivity contribution in [3.05, 3.63) is 29.8 Å². The van der Waals surface area contributed by atoms with Gasteiger partial charge in [0.25, 0.3) is 10.1 Å². The van der Waals surface area contributed by atoms with Crippen molar-refractivity contribution in [2.45, 2.75) is 38.5 Å². The third-order valence-electron chi connectivity index (χ3n) is 2.31. The van der Waals surface area contributed by atoms with Crippen molar-refractivity contribution in [2.75, 3.05) is 6.61 Å². The first kappa shape index (κ1) is 14.2. The topological polar surface area (TPSA) is 43.4 Å². The smallest absolute Gasteiger partial charge is 0.266 e. The van der Waals surface area contributed by atoms with Gasteiger partial charge < -0.3 is 0 Å². The average Bonchev–Trinajstić information content (AvgIpc) is 2.28. The molecule has 0 spiro atoms. The van der Waals surface area contributed by atoms with E-state index < -0.39 is 10.1 Å². The van der Waals surface area contributed by atoms with Gasteiger partial charge in [0.05, 0.1) is 11.5 Å². The lowest BCUT2D eigenvalue weighted by atomic mass is 10.1. The molecular weight excluding hydrogens is 236 g/mol. The van der Waals surface area contributed by atoms with Gasteiger partial charge in [-0.15, -0.1) is 0 Å². The largest absolute Gasteiger partial charge is 0.296 e. The standard InChI is InChI=1S/C13H20O3S/c1-4-5-12-6-8-13(9-7-12)17(14,15)16-10-11(2)3/h6-9,11H,4-5,10H2,1-3H3. The second-order valence-corrected chi connectivity index (χ2v) is 6.14. The van der Waals surface area contributed by atoms with Crippen LogP contribution in [-0.2, 0) is 20.7 Å². The first-order valence-electron chi connectivity index (χ1n) is 5.94. The zero-order chi connectivity index (χ0) is 12.9. The lowest BCUT2D eigenvalue weighted by Gasteiger charge is -2.08. The van der Waals surface area contributed by atoms with Crippen molar-refractivity contribution in [3.63, 3.8) is 0 Å². The molecule has 0 heterocycles. The Kier molecular flexibility index (Phi) is 5.15. The second-order valence-electron chi connectivity index (χ2n) is 4.53. The predicted molar refractivity (Wildman–Crippen MR) is 68.4 cm³/mol. The summed E-state index contributed by atoms with van der Waals surface area (Å²) in [5, 5.41) is 0. The lowest BCUT2D eigenvalue weighted by molar-refractivity contribution is 0.275. The molecule has 0 aliphatic rings. The normalized spacial score (nSPS) is 12.0. The predicted octanol–water partition coefficient (Wildman–Crippen LogP) is 3.00. The van der Waals surface area contributed by atoms with Crippen LogP contribution in [0.5, 0.6) is 0 Å². The van der Waals surface area contributed by atoms with Gasteiger partial charge in [0.15, 0.2) is 0 Å². The van der Waals surface area contributed by atoms with Gasteiger partial charge >= 0.3 is 0 Å². The van der Waals surface area contributed by atoms with Gasteiger partial charge in [0.2, 0.25) is 0 Å². The summed E-state index contributed by atoms with van der Waals surface area (Å²) < 4.78 is 28.5. The fourth-order valence-electron chi connectivity index (χ4n) is 1.41. The van der Waals surface area contributed by atoms with E-state index in [9.17, 15) is 8.42 Å². The van der Waals surface area contributed by atoms with E-state index in [0.29, 0.717) is 0 Å². The number of benzene rings is 1. The summed E-state index contributed by atoms with van der Waals surface area (Å²) in [7, 11) is -3.59. The van der Waals surface area contributed by atoms with E-state index in [-0.39, 0.29) is 17.4 Å². The van der Waals surface area contributed by atoms with Crippen LogP contribution in [-0.4, -0.2) is 15.0 Å². The molecule has 0 saturated heterocycles. The highest BCUT2D eigenvalue weighted by molar-refractivity contribution is 7.86. The van der Waals surface area contributed by atoms with Gasteiger partial charge in [-0.25, -0.2) is 0 Å².